The van der Waals surface area contributed by atoms with Crippen LogP contribution in [-0.4, -0.2) is 12.2 Å². The number of amides is 1. The summed E-state index contributed by atoms with van der Waals surface area (Å²) in [6.45, 7) is 6.62. The molecule has 4 nitrogen and oxygen atoms in total. The Balaban J connectivity index is 1.59. The smallest absolute Gasteiger partial charge is 0.215 e. The molecule has 0 spiro atoms. The third-order valence-corrected chi connectivity index (χ3v) is 7.63. The number of allylic oxidation sites excluding steroid dienone is 1. The highest BCUT2D eigenvalue weighted by Crippen LogP contribution is 2.47. The first-order valence-electron chi connectivity index (χ1n) is 11.4. The highest BCUT2D eigenvalue weighted by atomic mass is 32.1. The van der Waals surface area contributed by atoms with Crippen molar-refractivity contribution in [2.45, 2.75) is 51.0 Å². The van der Waals surface area contributed by atoms with Gasteiger partial charge in [0.15, 0.2) is 5.78 Å². The summed E-state index contributed by atoms with van der Waals surface area (Å²) in [7, 11) is 0. The summed E-state index contributed by atoms with van der Waals surface area (Å²) in [6.07, 6.45) is 2.03. The number of fused-ring (bicyclic) bond motifs is 1. The molecule has 0 saturated carbocycles. The first-order valence-corrected chi connectivity index (χ1v) is 12.2. The lowest BCUT2D eigenvalue weighted by molar-refractivity contribution is -0.116. The number of nitrogens with one attached hydrogen (secondary N) is 1. The summed E-state index contributed by atoms with van der Waals surface area (Å²) in [5.41, 5.74) is 5.84. The first kappa shape index (κ1) is 21.7. The zero-order valence-electron chi connectivity index (χ0n) is 19.2. The molecule has 3 aromatic rings. The highest BCUT2D eigenvalue weighted by molar-refractivity contribution is 7.10. The van der Waals surface area contributed by atoms with Crippen LogP contribution < -0.4 is 10.2 Å². The van der Waals surface area contributed by atoms with E-state index in [-0.39, 0.29) is 17.1 Å². The number of ketones is 1. The van der Waals surface area contributed by atoms with Gasteiger partial charge in [0.2, 0.25) is 6.41 Å². The Kier molecular flexibility index (Phi) is 5.45. The van der Waals surface area contributed by atoms with E-state index < -0.39 is 6.04 Å². The van der Waals surface area contributed by atoms with Gasteiger partial charge in [-0.1, -0.05) is 63.2 Å². The molecule has 2 atom stereocenters. The Labute approximate surface area is 198 Å². The van der Waals surface area contributed by atoms with Gasteiger partial charge in [0.25, 0.3) is 0 Å². The predicted octanol–water partition coefficient (Wildman–Crippen LogP) is 6.58. The zero-order valence-corrected chi connectivity index (χ0v) is 20.0. The summed E-state index contributed by atoms with van der Waals surface area (Å²) in [6, 6.07) is 20.1. The van der Waals surface area contributed by atoms with Crippen LogP contribution in [-0.2, 0) is 15.0 Å². The fraction of sp³-hybridized carbons (Fsp3) is 0.286. The van der Waals surface area contributed by atoms with Gasteiger partial charge in [0, 0.05) is 22.6 Å². The second-order valence-electron chi connectivity index (χ2n) is 9.87. The molecule has 33 heavy (non-hydrogen) atoms. The second kappa shape index (κ2) is 8.31. The van der Waals surface area contributed by atoms with Gasteiger partial charge < -0.3 is 10.2 Å². The van der Waals surface area contributed by atoms with Gasteiger partial charge >= 0.3 is 0 Å². The van der Waals surface area contributed by atoms with E-state index in [0.717, 1.165) is 34.8 Å². The molecule has 0 bridgehead atoms. The number of anilines is 2. The molecule has 168 valence electrons. The van der Waals surface area contributed by atoms with Crippen LogP contribution in [0.3, 0.4) is 0 Å². The predicted molar refractivity (Wildman–Crippen MR) is 135 cm³/mol. The number of para-hydroxylation sites is 2. The molecule has 2 heterocycles. The van der Waals surface area contributed by atoms with Gasteiger partial charge in [0.1, 0.15) is 6.04 Å². The standard InChI is InChI=1S/C28H28N2O2S/c1-28(2,3)20-12-10-18(11-13-20)19-15-22-26(24(32)16-19)27(25-9-6-14-33-25)30(17-31)23-8-5-4-7-21(23)29-22/h4-14,17,19,27,29H,15-16H2,1-3H3/t19-,27-/m0/s1. The zero-order chi connectivity index (χ0) is 23.2. The molecule has 1 aliphatic carbocycles. The molecular weight excluding hydrogens is 428 g/mol. The molecule has 5 rings (SSSR count). The maximum absolute atomic E-state index is 13.7. The van der Waals surface area contributed by atoms with E-state index in [1.165, 1.54) is 11.1 Å². The van der Waals surface area contributed by atoms with Gasteiger partial charge in [-0.25, -0.2) is 0 Å². The van der Waals surface area contributed by atoms with Gasteiger partial charge in [-0.3, -0.25) is 9.59 Å². The normalized spacial score (nSPS) is 20.6. The van der Waals surface area contributed by atoms with Crippen LogP contribution in [0, 0.1) is 0 Å². The van der Waals surface area contributed by atoms with Gasteiger partial charge in [-0.05, 0) is 52.5 Å². The number of hydrogen-bond acceptors (Lipinski definition) is 4. The number of carbonyl (C=O) groups excluding carboxylic acids is 2. The largest absolute Gasteiger partial charge is 0.357 e. The van der Waals surface area contributed by atoms with Gasteiger partial charge in [0.05, 0.1) is 11.4 Å². The Morgan fingerprint density at radius 3 is 2.42 bits per heavy atom. The maximum Gasteiger partial charge on any atom is 0.215 e. The molecule has 1 aromatic heterocycles. The van der Waals surface area contributed by atoms with E-state index in [2.05, 4.69) is 50.4 Å². The van der Waals surface area contributed by atoms with E-state index in [0.29, 0.717) is 12.0 Å². The van der Waals surface area contributed by atoms with E-state index >= 15 is 0 Å². The lowest BCUT2D eigenvalue weighted by Crippen LogP contribution is -2.32. The minimum Gasteiger partial charge on any atom is -0.357 e. The number of nitrogens with zero attached hydrogens (tertiary/aromatic N) is 1. The maximum atomic E-state index is 13.7. The molecule has 2 aliphatic rings. The monoisotopic (exact) mass is 456 g/mol. The van der Waals surface area contributed by atoms with Gasteiger partial charge in [-0.15, -0.1) is 11.3 Å². The molecule has 5 heteroatoms. The van der Waals surface area contributed by atoms with Crippen LogP contribution in [0.15, 0.2) is 77.3 Å². The number of carbonyl (C=O) groups is 2. The molecule has 0 fully saturated rings. The summed E-state index contributed by atoms with van der Waals surface area (Å²) in [5, 5.41) is 5.54. The number of rotatable bonds is 3. The Morgan fingerprint density at radius 1 is 1.00 bits per heavy atom. The van der Waals surface area contributed by atoms with E-state index in [1.54, 1.807) is 16.2 Å². The van der Waals surface area contributed by atoms with Crippen LogP contribution in [0.5, 0.6) is 0 Å². The highest BCUT2D eigenvalue weighted by Gasteiger charge is 2.39. The van der Waals surface area contributed by atoms with E-state index in [1.807, 2.05) is 41.8 Å². The first-order chi connectivity index (χ1) is 15.9. The van der Waals surface area contributed by atoms with Crippen LogP contribution in [0.1, 0.15) is 61.6 Å². The molecule has 0 unspecified atom stereocenters. The lowest BCUT2D eigenvalue weighted by Gasteiger charge is -2.32. The average Bonchev–Trinajstić information content (AvgIpc) is 3.28. The van der Waals surface area contributed by atoms with Crippen molar-refractivity contribution >= 4 is 34.9 Å². The van der Waals surface area contributed by atoms with E-state index in [4.69, 9.17) is 0 Å². The molecule has 1 amide bonds. The molecule has 1 N–H and O–H groups in total. The molecule has 1 aliphatic heterocycles. The SMILES string of the molecule is CC(C)(C)c1ccc([C@@H]2CC(=O)C3=C(C2)Nc2ccccc2N(C=O)[C@H]3c2cccs2)cc1. The molecule has 0 saturated heterocycles. The van der Waals surface area contributed by atoms with Crippen molar-refractivity contribution in [2.24, 2.45) is 0 Å². The topological polar surface area (TPSA) is 49.4 Å². The Bertz CT molecular complexity index is 1220. The van der Waals surface area contributed by atoms with Crippen molar-refractivity contribution < 1.29 is 9.59 Å². The Hall–Kier alpha value is -3.18. The third-order valence-electron chi connectivity index (χ3n) is 6.70. The number of thiophene rings is 1. The lowest BCUT2D eigenvalue weighted by atomic mass is 9.78. The van der Waals surface area contributed by atoms with Crippen molar-refractivity contribution in [3.63, 3.8) is 0 Å². The summed E-state index contributed by atoms with van der Waals surface area (Å²) in [5.74, 6) is 0.211. The summed E-state index contributed by atoms with van der Waals surface area (Å²) in [4.78, 5) is 28.7. The number of benzene rings is 2. The number of hydrogen-bond donors (Lipinski definition) is 1. The fourth-order valence-electron chi connectivity index (χ4n) is 4.95. The summed E-state index contributed by atoms with van der Waals surface area (Å²) >= 11 is 1.58. The second-order valence-corrected chi connectivity index (χ2v) is 10.8. The quantitative estimate of drug-likeness (QED) is 0.453. The van der Waals surface area contributed by atoms with Crippen molar-refractivity contribution in [1.29, 1.82) is 0 Å². The molecule has 2 aromatic carbocycles. The van der Waals surface area contributed by atoms with Crippen molar-refractivity contribution in [2.75, 3.05) is 10.2 Å². The minimum atomic E-state index is -0.412. The van der Waals surface area contributed by atoms with Crippen molar-refractivity contribution in [3.05, 3.63) is 93.3 Å². The number of Topliss-reactive ketones (excluding diaryl/α,β-unsaturated/α-hetero) is 1. The van der Waals surface area contributed by atoms with Crippen molar-refractivity contribution in [3.8, 4) is 0 Å². The average molecular weight is 457 g/mol. The minimum absolute atomic E-state index is 0.0926. The van der Waals surface area contributed by atoms with Crippen LogP contribution >= 0.6 is 11.3 Å². The third kappa shape index (κ3) is 3.91. The van der Waals surface area contributed by atoms with Crippen molar-refractivity contribution in [1.82, 2.24) is 0 Å². The molecular formula is C28H28N2O2S. The van der Waals surface area contributed by atoms with Crippen LogP contribution in [0.2, 0.25) is 0 Å². The van der Waals surface area contributed by atoms with Crippen LogP contribution in [0.25, 0.3) is 0 Å². The van der Waals surface area contributed by atoms with Crippen LogP contribution in [0.4, 0.5) is 11.4 Å². The summed E-state index contributed by atoms with van der Waals surface area (Å²) < 4.78 is 0. The van der Waals surface area contributed by atoms with E-state index in [9.17, 15) is 9.59 Å². The van der Waals surface area contributed by atoms with Gasteiger partial charge in [-0.2, -0.15) is 0 Å². The Morgan fingerprint density at radius 2 is 1.76 bits per heavy atom. The fourth-order valence-corrected chi connectivity index (χ4v) is 5.78. The molecule has 0 radical (unpaired) electrons.